The lowest BCUT2D eigenvalue weighted by Crippen LogP contribution is -2.53. The summed E-state index contributed by atoms with van der Waals surface area (Å²) < 4.78 is 10.5. The van der Waals surface area contributed by atoms with Crippen LogP contribution in [0.25, 0.3) is 0 Å². The molecule has 0 aliphatic carbocycles. The van der Waals surface area contributed by atoms with Crippen molar-refractivity contribution in [2.75, 3.05) is 14.2 Å². The third kappa shape index (κ3) is 3.22. The minimum absolute atomic E-state index is 0.167. The third-order valence-electron chi connectivity index (χ3n) is 3.60. The highest BCUT2D eigenvalue weighted by Crippen LogP contribution is 2.32. The van der Waals surface area contributed by atoms with Crippen molar-refractivity contribution in [2.24, 2.45) is 5.73 Å². The fraction of sp³-hybridized carbons (Fsp3) is 0.533. The molecule has 0 bridgehead atoms. The maximum atomic E-state index is 11.9. The first kappa shape index (κ1) is 16.3. The van der Waals surface area contributed by atoms with Crippen LogP contribution in [0.3, 0.4) is 0 Å². The summed E-state index contributed by atoms with van der Waals surface area (Å²) >= 11 is 0. The van der Waals surface area contributed by atoms with Crippen molar-refractivity contribution in [1.82, 2.24) is 5.32 Å². The Bertz CT molecular complexity index is 476. The summed E-state index contributed by atoms with van der Waals surface area (Å²) in [5.41, 5.74) is 5.40. The Labute approximate surface area is 120 Å². The summed E-state index contributed by atoms with van der Waals surface area (Å²) in [5.74, 6) is 0.764. The SMILES string of the molecule is CCC(C)NC(C)(C(N)=O)c1ccc(OC)c(OC)c1. The number of hydrogen-bond donors (Lipinski definition) is 2. The molecule has 0 aliphatic rings. The first-order chi connectivity index (χ1) is 9.38. The van der Waals surface area contributed by atoms with E-state index in [2.05, 4.69) is 5.32 Å². The fourth-order valence-corrected chi connectivity index (χ4v) is 2.04. The Morgan fingerprint density at radius 2 is 1.95 bits per heavy atom. The summed E-state index contributed by atoms with van der Waals surface area (Å²) in [7, 11) is 3.13. The molecule has 0 aliphatic heterocycles. The van der Waals surface area contributed by atoms with Crippen molar-refractivity contribution in [3.63, 3.8) is 0 Å². The molecule has 1 amide bonds. The molecule has 0 spiro atoms. The van der Waals surface area contributed by atoms with Crippen LogP contribution in [0.1, 0.15) is 32.8 Å². The highest BCUT2D eigenvalue weighted by molar-refractivity contribution is 5.86. The minimum atomic E-state index is -0.949. The smallest absolute Gasteiger partial charge is 0.242 e. The second-order valence-electron chi connectivity index (χ2n) is 5.01. The third-order valence-corrected chi connectivity index (χ3v) is 3.60. The lowest BCUT2D eigenvalue weighted by Gasteiger charge is -2.31. The van der Waals surface area contributed by atoms with E-state index in [-0.39, 0.29) is 6.04 Å². The average Bonchev–Trinajstić information content (AvgIpc) is 2.45. The van der Waals surface area contributed by atoms with Crippen molar-refractivity contribution in [3.8, 4) is 11.5 Å². The quantitative estimate of drug-likeness (QED) is 0.798. The van der Waals surface area contributed by atoms with Crippen LogP contribution in [0.4, 0.5) is 0 Å². The van der Waals surface area contributed by atoms with Gasteiger partial charge in [-0.25, -0.2) is 0 Å². The largest absolute Gasteiger partial charge is 0.493 e. The Hall–Kier alpha value is -1.75. The molecule has 0 saturated carbocycles. The molecular weight excluding hydrogens is 256 g/mol. The maximum absolute atomic E-state index is 11.9. The van der Waals surface area contributed by atoms with E-state index in [1.165, 1.54) is 0 Å². The van der Waals surface area contributed by atoms with Gasteiger partial charge in [-0.15, -0.1) is 0 Å². The van der Waals surface area contributed by atoms with Gasteiger partial charge in [-0.1, -0.05) is 13.0 Å². The lowest BCUT2D eigenvalue weighted by molar-refractivity contribution is -0.124. The van der Waals surface area contributed by atoms with Gasteiger partial charge in [0.25, 0.3) is 0 Å². The number of rotatable bonds is 7. The molecule has 0 radical (unpaired) electrons. The maximum Gasteiger partial charge on any atom is 0.242 e. The number of primary amides is 1. The number of carbonyl (C=O) groups excluding carboxylic acids is 1. The van der Waals surface area contributed by atoms with Gasteiger partial charge in [0.15, 0.2) is 11.5 Å². The van der Waals surface area contributed by atoms with E-state index < -0.39 is 11.4 Å². The number of hydrogen-bond acceptors (Lipinski definition) is 4. The van der Waals surface area contributed by atoms with E-state index in [1.54, 1.807) is 33.3 Å². The highest BCUT2D eigenvalue weighted by Gasteiger charge is 2.34. The molecule has 5 nitrogen and oxygen atoms in total. The standard InChI is InChI=1S/C15H24N2O3/c1-6-10(2)17-15(3,14(16)18)11-7-8-12(19-4)13(9-11)20-5/h7-10,17H,6H2,1-5H3,(H2,16,18). The highest BCUT2D eigenvalue weighted by atomic mass is 16.5. The Morgan fingerprint density at radius 1 is 1.35 bits per heavy atom. The summed E-state index contributed by atoms with van der Waals surface area (Å²) in [6.45, 7) is 5.85. The van der Waals surface area contributed by atoms with Crippen LogP contribution in [-0.2, 0) is 10.3 Å². The van der Waals surface area contributed by atoms with E-state index in [4.69, 9.17) is 15.2 Å². The molecule has 2 unspecified atom stereocenters. The summed E-state index contributed by atoms with van der Waals surface area (Å²) in [6, 6.07) is 5.54. The zero-order chi connectivity index (χ0) is 15.3. The van der Waals surface area contributed by atoms with Crippen LogP contribution in [0.15, 0.2) is 18.2 Å². The number of benzene rings is 1. The lowest BCUT2D eigenvalue weighted by atomic mass is 9.89. The molecular formula is C15H24N2O3. The van der Waals surface area contributed by atoms with E-state index in [9.17, 15) is 4.79 Å². The molecule has 0 heterocycles. The van der Waals surface area contributed by atoms with Gasteiger partial charge in [-0.3, -0.25) is 10.1 Å². The van der Waals surface area contributed by atoms with Crippen molar-refractivity contribution in [2.45, 2.75) is 38.8 Å². The van der Waals surface area contributed by atoms with Gasteiger partial charge in [-0.2, -0.15) is 0 Å². The van der Waals surface area contributed by atoms with Crippen LogP contribution in [-0.4, -0.2) is 26.2 Å². The number of carbonyl (C=O) groups is 1. The van der Waals surface area contributed by atoms with E-state index in [0.717, 1.165) is 12.0 Å². The molecule has 0 aromatic heterocycles. The van der Waals surface area contributed by atoms with E-state index in [1.807, 2.05) is 19.9 Å². The van der Waals surface area contributed by atoms with Crippen LogP contribution in [0.2, 0.25) is 0 Å². The van der Waals surface area contributed by atoms with Crippen LogP contribution >= 0.6 is 0 Å². The van der Waals surface area contributed by atoms with Gasteiger partial charge >= 0.3 is 0 Å². The molecule has 5 heteroatoms. The van der Waals surface area contributed by atoms with Gasteiger partial charge in [0.1, 0.15) is 5.54 Å². The molecule has 3 N–H and O–H groups in total. The zero-order valence-corrected chi connectivity index (χ0v) is 12.8. The molecule has 1 aromatic carbocycles. The predicted octanol–water partition coefficient (Wildman–Crippen LogP) is 1.79. The second kappa shape index (κ2) is 6.61. The number of methoxy groups -OCH3 is 2. The number of amides is 1. The minimum Gasteiger partial charge on any atom is -0.493 e. The summed E-state index contributed by atoms with van der Waals surface area (Å²) in [5, 5.41) is 3.28. The van der Waals surface area contributed by atoms with Gasteiger partial charge in [0, 0.05) is 6.04 Å². The molecule has 112 valence electrons. The molecule has 1 rings (SSSR count). The zero-order valence-electron chi connectivity index (χ0n) is 12.8. The molecule has 0 fully saturated rings. The van der Waals surface area contributed by atoms with E-state index in [0.29, 0.717) is 11.5 Å². The van der Waals surface area contributed by atoms with Gasteiger partial charge in [0.05, 0.1) is 14.2 Å². The molecule has 20 heavy (non-hydrogen) atoms. The van der Waals surface area contributed by atoms with Gasteiger partial charge in [-0.05, 0) is 38.0 Å². The van der Waals surface area contributed by atoms with Crippen LogP contribution < -0.4 is 20.5 Å². The van der Waals surface area contributed by atoms with Crippen LogP contribution in [0, 0.1) is 0 Å². The Morgan fingerprint density at radius 3 is 2.40 bits per heavy atom. The summed E-state index contributed by atoms with van der Waals surface area (Å²) in [4.78, 5) is 11.9. The van der Waals surface area contributed by atoms with Crippen LogP contribution in [0.5, 0.6) is 11.5 Å². The number of ether oxygens (including phenoxy) is 2. The van der Waals surface area contributed by atoms with Crippen molar-refractivity contribution in [1.29, 1.82) is 0 Å². The van der Waals surface area contributed by atoms with E-state index >= 15 is 0 Å². The van der Waals surface area contributed by atoms with Crippen molar-refractivity contribution < 1.29 is 14.3 Å². The van der Waals surface area contributed by atoms with Crippen molar-refractivity contribution in [3.05, 3.63) is 23.8 Å². The normalized spacial score (nSPS) is 15.2. The van der Waals surface area contributed by atoms with Crippen molar-refractivity contribution >= 4 is 5.91 Å². The fourth-order valence-electron chi connectivity index (χ4n) is 2.04. The first-order valence-corrected chi connectivity index (χ1v) is 6.69. The molecule has 2 atom stereocenters. The number of nitrogens with one attached hydrogen (secondary N) is 1. The Kier molecular flexibility index (Phi) is 5.39. The topological polar surface area (TPSA) is 73.6 Å². The molecule has 1 aromatic rings. The monoisotopic (exact) mass is 280 g/mol. The summed E-state index contributed by atoms with van der Waals surface area (Å²) in [6.07, 6.45) is 0.899. The second-order valence-corrected chi connectivity index (χ2v) is 5.01. The number of nitrogens with two attached hydrogens (primary N) is 1. The predicted molar refractivity (Wildman–Crippen MR) is 79.0 cm³/mol. The average molecular weight is 280 g/mol. The Balaban J connectivity index is 3.25. The van der Waals surface area contributed by atoms with Gasteiger partial charge in [0.2, 0.25) is 5.91 Å². The molecule has 0 saturated heterocycles. The van der Waals surface area contributed by atoms with Gasteiger partial charge < -0.3 is 15.2 Å². The first-order valence-electron chi connectivity index (χ1n) is 6.69.